The molecule has 0 saturated carbocycles. The van der Waals surface area contributed by atoms with Gasteiger partial charge in [-0.1, -0.05) is 12.1 Å². The standard InChI is InChI=1S/C23H30N4O2/c1-24-22(28)19-4-8-21(9-5-19)29-20-6-2-18(3-7-20)16-27-15-14-26-17-23(27)10-12-25-13-11-23/h2-9,25-26H,10-17H2,1H3,(H,24,28). The summed E-state index contributed by atoms with van der Waals surface area (Å²) in [6.45, 7) is 6.41. The van der Waals surface area contributed by atoms with E-state index < -0.39 is 0 Å². The van der Waals surface area contributed by atoms with Gasteiger partial charge in [-0.05, 0) is 67.9 Å². The van der Waals surface area contributed by atoms with E-state index in [1.807, 2.05) is 24.3 Å². The van der Waals surface area contributed by atoms with Crippen LogP contribution in [0, 0.1) is 0 Å². The molecule has 29 heavy (non-hydrogen) atoms. The number of carbonyl (C=O) groups is 1. The van der Waals surface area contributed by atoms with Crippen LogP contribution < -0.4 is 20.7 Å². The van der Waals surface area contributed by atoms with E-state index in [9.17, 15) is 4.79 Å². The van der Waals surface area contributed by atoms with Crippen LogP contribution in [0.1, 0.15) is 28.8 Å². The van der Waals surface area contributed by atoms with Crippen molar-refractivity contribution in [3.05, 3.63) is 59.7 Å². The van der Waals surface area contributed by atoms with E-state index in [0.717, 1.165) is 50.8 Å². The van der Waals surface area contributed by atoms with Crippen molar-refractivity contribution in [1.82, 2.24) is 20.9 Å². The van der Waals surface area contributed by atoms with Crippen molar-refractivity contribution < 1.29 is 9.53 Å². The van der Waals surface area contributed by atoms with Crippen LogP contribution in [0.2, 0.25) is 0 Å². The molecule has 2 aliphatic heterocycles. The summed E-state index contributed by atoms with van der Waals surface area (Å²) < 4.78 is 5.94. The van der Waals surface area contributed by atoms with Gasteiger partial charge in [0.05, 0.1) is 0 Å². The van der Waals surface area contributed by atoms with Crippen molar-refractivity contribution in [2.75, 3.05) is 39.8 Å². The van der Waals surface area contributed by atoms with E-state index in [4.69, 9.17) is 4.74 Å². The van der Waals surface area contributed by atoms with E-state index >= 15 is 0 Å². The lowest BCUT2D eigenvalue weighted by Gasteiger charge is -2.50. The SMILES string of the molecule is CNC(=O)c1ccc(Oc2ccc(CN3CCNCC34CCNCC4)cc2)cc1. The van der Waals surface area contributed by atoms with Crippen LogP contribution in [0.3, 0.4) is 0 Å². The van der Waals surface area contributed by atoms with Gasteiger partial charge in [-0.2, -0.15) is 0 Å². The first-order chi connectivity index (χ1) is 14.2. The summed E-state index contributed by atoms with van der Waals surface area (Å²) in [4.78, 5) is 14.3. The number of piperazine rings is 1. The number of nitrogens with one attached hydrogen (secondary N) is 3. The molecule has 0 radical (unpaired) electrons. The second-order valence-electron chi connectivity index (χ2n) is 7.92. The first-order valence-electron chi connectivity index (χ1n) is 10.4. The molecule has 0 aliphatic carbocycles. The first-order valence-corrected chi connectivity index (χ1v) is 10.4. The Balaban J connectivity index is 1.39. The molecule has 4 rings (SSSR count). The zero-order valence-electron chi connectivity index (χ0n) is 17.0. The summed E-state index contributed by atoms with van der Waals surface area (Å²) in [5.41, 5.74) is 2.22. The van der Waals surface area contributed by atoms with Gasteiger partial charge in [0.2, 0.25) is 0 Å². The van der Waals surface area contributed by atoms with Gasteiger partial charge in [0.1, 0.15) is 11.5 Å². The topological polar surface area (TPSA) is 65.6 Å². The van der Waals surface area contributed by atoms with Crippen LogP contribution in [0.5, 0.6) is 11.5 Å². The highest BCUT2D eigenvalue weighted by atomic mass is 16.5. The molecule has 0 atom stereocenters. The van der Waals surface area contributed by atoms with Crippen LogP contribution >= 0.6 is 0 Å². The van der Waals surface area contributed by atoms with Crippen LogP contribution in [0.4, 0.5) is 0 Å². The molecule has 2 saturated heterocycles. The molecular formula is C23H30N4O2. The zero-order valence-corrected chi connectivity index (χ0v) is 17.0. The molecule has 0 aromatic heterocycles. The van der Waals surface area contributed by atoms with Gasteiger partial charge >= 0.3 is 0 Å². The van der Waals surface area contributed by atoms with E-state index in [2.05, 4.69) is 33.0 Å². The van der Waals surface area contributed by atoms with Crippen molar-refractivity contribution >= 4 is 5.91 Å². The average Bonchev–Trinajstić information content (AvgIpc) is 2.77. The quantitative estimate of drug-likeness (QED) is 0.727. The maximum atomic E-state index is 11.6. The number of piperidine rings is 1. The third-order valence-corrected chi connectivity index (χ3v) is 6.09. The lowest BCUT2D eigenvalue weighted by Crippen LogP contribution is -2.64. The number of nitrogens with zero attached hydrogens (tertiary/aromatic N) is 1. The number of hydrogen-bond donors (Lipinski definition) is 3. The highest BCUT2D eigenvalue weighted by Crippen LogP contribution is 2.30. The molecule has 154 valence electrons. The molecule has 1 amide bonds. The van der Waals surface area contributed by atoms with Crippen molar-refractivity contribution in [1.29, 1.82) is 0 Å². The first kappa shape index (κ1) is 19.9. The van der Waals surface area contributed by atoms with E-state index in [-0.39, 0.29) is 11.4 Å². The minimum Gasteiger partial charge on any atom is -0.457 e. The smallest absolute Gasteiger partial charge is 0.251 e. The Morgan fingerprint density at radius 1 is 1.00 bits per heavy atom. The molecular weight excluding hydrogens is 364 g/mol. The van der Waals surface area contributed by atoms with Crippen LogP contribution in [-0.2, 0) is 6.54 Å². The lowest BCUT2D eigenvalue weighted by molar-refractivity contribution is 0.0263. The third kappa shape index (κ3) is 4.61. The third-order valence-electron chi connectivity index (χ3n) is 6.09. The summed E-state index contributed by atoms with van der Waals surface area (Å²) in [7, 11) is 1.63. The van der Waals surface area contributed by atoms with Gasteiger partial charge in [0, 0.05) is 44.3 Å². The number of ether oxygens (including phenoxy) is 1. The molecule has 3 N–H and O–H groups in total. The highest BCUT2D eigenvalue weighted by molar-refractivity contribution is 5.94. The minimum absolute atomic E-state index is 0.0969. The van der Waals surface area contributed by atoms with Crippen LogP contribution in [0.25, 0.3) is 0 Å². The van der Waals surface area contributed by atoms with E-state index in [0.29, 0.717) is 5.56 Å². The maximum Gasteiger partial charge on any atom is 0.251 e. The average molecular weight is 395 g/mol. The number of rotatable bonds is 5. The molecule has 6 nitrogen and oxygen atoms in total. The fourth-order valence-electron chi connectivity index (χ4n) is 4.35. The van der Waals surface area contributed by atoms with Crippen molar-refractivity contribution in [2.24, 2.45) is 0 Å². The molecule has 0 bridgehead atoms. The summed E-state index contributed by atoms with van der Waals surface area (Å²) in [6.07, 6.45) is 2.40. The molecule has 2 aliphatic rings. The Hall–Kier alpha value is -2.41. The number of amides is 1. The van der Waals surface area contributed by atoms with Crippen molar-refractivity contribution in [3.8, 4) is 11.5 Å². The highest BCUT2D eigenvalue weighted by Gasteiger charge is 2.39. The fourth-order valence-corrected chi connectivity index (χ4v) is 4.35. The predicted molar refractivity (Wildman–Crippen MR) is 114 cm³/mol. The second-order valence-corrected chi connectivity index (χ2v) is 7.92. The Morgan fingerprint density at radius 3 is 2.31 bits per heavy atom. The molecule has 0 unspecified atom stereocenters. The molecule has 2 aromatic rings. The van der Waals surface area contributed by atoms with Gasteiger partial charge in [0.15, 0.2) is 0 Å². The Kier molecular flexibility index (Phi) is 6.13. The summed E-state index contributed by atoms with van der Waals surface area (Å²) >= 11 is 0. The van der Waals surface area contributed by atoms with Crippen LogP contribution in [0.15, 0.2) is 48.5 Å². The molecule has 2 aromatic carbocycles. The van der Waals surface area contributed by atoms with Crippen molar-refractivity contribution in [2.45, 2.75) is 24.9 Å². The Bertz CT molecular complexity index is 806. The molecule has 6 heteroatoms. The summed E-state index contributed by atoms with van der Waals surface area (Å²) in [5.74, 6) is 1.43. The number of carbonyl (C=O) groups excluding carboxylic acids is 1. The maximum absolute atomic E-state index is 11.6. The normalized spacial score (nSPS) is 19.1. The molecule has 1 spiro atoms. The fraction of sp³-hybridized carbons (Fsp3) is 0.435. The zero-order chi connectivity index (χ0) is 20.1. The Labute approximate surface area is 172 Å². The van der Waals surface area contributed by atoms with E-state index in [1.54, 1.807) is 19.2 Å². The monoisotopic (exact) mass is 394 g/mol. The van der Waals surface area contributed by atoms with Gasteiger partial charge in [0.25, 0.3) is 5.91 Å². The van der Waals surface area contributed by atoms with Crippen LogP contribution in [-0.4, -0.2) is 56.1 Å². The largest absolute Gasteiger partial charge is 0.457 e. The van der Waals surface area contributed by atoms with Gasteiger partial charge in [-0.15, -0.1) is 0 Å². The Morgan fingerprint density at radius 2 is 1.66 bits per heavy atom. The second kappa shape index (κ2) is 8.95. The van der Waals surface area contributed by atoms with Gasteiger partial charge < -0.3 is 20.7 Å². The minimum atomic E-state index is -0.0969. The molecule has 2 fully saturated rings. The van der Waals surface area contributed by atoms with E-state index in [1.165, 1.54) is 18.4 Å². The number of benzene rings is 2. The van der Waals surface area contributed by atoms with Gasteiger partial charge in [-0.3, -0.25) is 9.69 Å². The summed E-state index contributed by atoms with van der Waals surface area (Å²) in [5, 5.41) is 9.71. The van der Waals surface area contributed by atoms with Gasteiger partial charge in [-0.25, -0.2) is 0 Å². The summed E-state index contributed by atoms with van der Waals surface area (Å²) in [6, 6.07) is 15.5. The predicted octanol–water partition coefficient (Wildman–Crippen LogP) is 2.37. The molecule has 2 heterocycles. The van der Waals surface area contributed by atoms with Crippen molar-refractivity contribution in [3.63, 3.8) is 0 Å². The lowest BCUT2D eigenvalue weighted by atomic mass is 9.84. The number of hydrogen-bond acceptors (Lipinski definition) is 5.